The van der Waals surface area contributed by atoms with Crippen molar-refractivity contribution >= 4 is 23.6 Å². The van der Waals surface area contributed by atoms with Gasteiger partial charge in [-0.3, -0.25) is 14.5 Å². The number of aliphatic hydroxyl groups excluding tert-OH is 1. The molecule has 0 bridgehead atoms. The number of imide groups is 1. The maximum Gasteiger partial charge on any atom is 0.235 e. The van der Waals surface area contributed by atoms with E-state index in [0.717, 1.165) is 43.6 Å². The molecule has 2 amide bonds. The molecule has 1 heterocycles. The summed E-state index contributed by atoms with van der Waals surface area (Å²) >= 11 is 1.70. The van der Waals surface area contributed by atoms with Gasteiger partial charge in [0.05, 0.1) is 5.41 Å². The molecule has 1 aliphatic carbocycles. The molecule has 0 aromatic heterocycles. The molecule has 0 unspecified atom stereocenters. The Balaban J connectivity index is 1.84. The summed E-state index contributed by atoms with van der Waals surface area (Å²) < 4.78 is 0. The van der Waals surface area contributed by atoms with Gasteiger partial charge in [-0.05, 0) is 25.0 Å². The van der Waals surface area contributed by atoms with Crippen LogP contribution in [0.4, 0.5) is 0 Å². The Morgan fingerprint density at radius 3 is 2.58 bits per heavy atom. The van der Waals surface area contributed by atoms with Crippen LogP contribution in [0.2, 0.25) is 0 Å². The molecule has 1 saturated heterocycles. The van der Waals surface area contributed by atoms with Gasteiger partial charge in [0.2, 0.25) is 11.8 Å². The van der Waals surface area contributed by atoms with Crippen LogP contribution in [0.1, 0.15) is 44.9 Å². The van der Waals surface area contributed by atoms with E-state index in [1.165, 1.54) is 11.3 Å². The third-order valence-corrected chi connectivity index (χ3v) is 5.25. The highest BCUT2D eigenvalue weighted by molar-refractivity contribution is 7.99. The Kier molecular flexibility index (Phi) is 5.28. The van der Waals surface area contributed by atoms with Gasteiger partial charge in [-0.15, -0.1) is 0 Å². The Morgan fingerprint density at radius 2 is 1.89 bits per heavy atom. The molecule has 0 aromatic carbocycles. The van der Waals surface area contributed by atoms with E-state index >= 15 is 0 Å². The number of hydrogen-bond donors (Lipinski definition) is 1. The molecule has 4 nitrogen and oxygen atoms in total. The maximum atomic E-state index is 12.5. The number of likely N-dealkylation sites (tertiary alicyclic amines) is 1. The average molecular weight is 285 g/mol. The summed E-state index contributed by atoms with van der Waals surface area (Å²) in [5.74, 6) is 1.78. The van der Waals surface area contributed by atoms with E-state index in [1.807, 2.05) is 0 Å². The summed E-state index contributed by atoms with van der Waals surface area (Å²) in [5, 5.41) is 8.70. The van der Waals surface area contributed by atoms with Crippen molar-refractivity contribution < 1.29 is 14.7 Å². The van der Waals surface area contributed by atoms with Crippen LogP contribution in [0.5, 0.6) is 0 Å². The van der Waals surface area contributed by atoms with Crippen molar-refractivity contribution in [2.24, 2.45) is 5.41 Å². The monoisotopic (exact) mass is 285 g/mol. The average Bonchev–Trinajstić information content (AvgIpc) is 2.63. The van der Waals surface area contributed by atoms with Crippen LogP contribution >= 0.6 is 11.8 Å². The van der Waals surface area contributed by atoms with E-state index < -0.39 is 0 Å². The predicted molar refractivity (Wildman–Crippen MR) is 75.9 cm³/mol. The van der Waals surface area contributed by atoms with E-state index in [0.29, 0.717) is 13.0 Å². The number of amides is 2. The molecule has 1 spiro atoms. The number of aliphatic hydroxyl groups is 1. The largest absolute Gasteiger partial charge is 0.396 e. The second-order valence-electron chi connectivity index (χ2n) is 5.56. The lowest BCUT2D eigenvalue weighted by Crippen LogP contribution is -2.38. The smallest absolute Gasteiger partial charge is 0.235 e. The molecular weight excluding hydrogens is 262 g/mol. The molecule has 2 rings (SSSR count). The molecule has 2 aliphatic rings. The van der Waals surface area contributed by atoms with Crippen LogP contribution in [-0.2, 0) is 9.59 Å². The van der Waals surface area contributed by atoms with Crippen molar-refractivity contribution in [1.29, 1.82) is 0 Å². The van der Waals surface area contributed by atoms with Gasteiger partial charge in [0.1, 0.15) is 0 Å². The number of carbonyl (C=O) groups is 2. The molecule has 1 N–H and O–H groups in total. The van der Waals surface area contributed by atoms with Crippen LogP contribution in [0.25, 0.3) is 0 Å². The van der Waals surface area contributed by atoms with Crippen molar-refractivity contribution in [3.05, 3.63) is 0 Å². The van der Waals surface area contributed by atoms with Gasteiger partial charge in [0, 0.05) is 25.3 Å². The maximum absolute atomic E-state index is 12.5. The standard InChI is InChI=1S/C14H23NO3S/c16-8-4-9-19-10-7-15-12(17)11-14(13(15)18)5-2-1-3-6-14/h16H,1-11H2. The third kappa shape index (κ3) is 3.31. The van der Waals surface area contributed by atoms with E-state index in [1.54, 1.807) is 11.8 Å². The fourth-order valence-electron chi connectivity index (χ4n) is 3.13. The molecule has 19 heavy (non-hydrogen) atoms. The molecule has 0 atom stereocenters. The molecule has 5 heteroatoms. The summed E-state index contributed by atoms with van der Waals surface area (Å²) in [7, 11) is 0. The Morgan fingerprint density at radius 1 is 1.16 bits per heavy atom. The van der Waals surface area contributed by atoms with Crippen molar-refractivity contribution in [2.45, 2.75) is 44.9 Å². The zero-order chi connectivity index (χ0) is 13.7. The molecular formula is C14H23NO3S. The van der Waals surface area contributed by atoms with E-state index in [2.05, 4.69) is 0 Å². The third-order valence-electron chi connectivity index (χ3n) is 4.21. The first-order chi connectivity index (χ1) is 9.19. The van der Waals surface area contributed by atoms with Crippen LogP contribution in [-0.4, -0.2) is 46.5 Å². The SMILES string of the molecule is O=C1CC2(CCCCC2)C(=O)N1CCSCCCO. The quantitative estimate of drug-likeness (QED) is 0.597. The summed E-state index contributed by atoms with van der Waals surface area (Å²) in [6.45, 7) is 0.743. The lowest BCUT2D eigenvalue weighted by Gasteiger charge is -2.30. The van der Waals surface area contributed by atoms with Crippen LogP contribution in [0.3, 0.4) is 0 Å². The molecule has 108 valence electrons. The topological polar surface area (TPSA) is 57.6 Å². The fraction of sp³-hybridized carbons (Fsp3) is 0.857. The van der Waals surface area contributed by atoms with Crippen LogP contribution in [0.15, 0.2) is 0 Å². The molecule has 0 radical (unpaired) electrons. The Hall–Kier alpha value is -0.550. The highest BCUT2D eigenvalue weighted by Crippen LogP contribution is 2.45. The number of rotatable bonds is 6. The first-order valence-electron chi connectivity index (χ1n) is 7.23. The molecule has 2 fully saturated rings. The minimum absolute atomic E-state index is 0.0228. The first kappa shape index (κ1) is 14.9. The van der Waals surface area contributed by atoms with Crippen molar-refractivity contribution in [3.63, 3.8) is 0 Å². The first-order valence-corrected chi connectivity index (χ1v) is 8.38. The summed E-state index contributed by atoms with van der Waals surface area (Å²) in [5.41, 5.74) is -0.342. The van der Waals surface area contributed by atoms with Gasteiger partial charge in [-0.25, -0.2) is 0 Å². The Bertz CT molecular complexity index is 340. The lowest BCUT2D eigenvalue weighted by atomic mass is 9.73. The van der Waals surface area contributed by atoms with Crippen LogP contribution < -0.4 is 0 Å². The van der Waals surface area contributed by atoms with E-state index in [-0.39, 0.29) is 23.8 Å². The highest BCUT2D eigenvalue weighted by atomic mass is 32.2. The zero-order valence-electron chi connectivity index (χ0n) is 11.4. The zero-order valence-corrected chi connectivity index (χ0v) is 12.2. The second-order valence-corrected chi connectivity index (χ2v) is 6.78. The molecule has 1 aliphatic heterocycles. The molecule has 0 aromatic rings. The number of carbonyl (C=O) groups excluding carboxylic acids is 2. The van der Waals surface area contributed by atoms with Gasteiger partial charge in [0.25, 0.3) is 0 Å². The van der Waals surface area contributed by atoms with Gasteiger partial charge >= 0.3 is 0 Å². The molecule has 1 saturated carbocycles. The highest BCUT2D eigenvalue weighted by Gasteiger charge is 2.51. The van der Waals surface area contributed by atoms with E-state index in [9.17, 15) is 9.59 Å². The van der Waals surface area contributed by atoms with Crippen LogP contribution in [0, 0.1) is 5.41 Å². The van der Waals surface area contributed by atoms with Crippen molar-refractivity contribution in [2.75, 3.05) is 24.7 Å². The van der Waals surface area contributed by atoms with Gasteiger partial charge < -0.3 is 5.11 Å². The Labute approximate surface area is 118 Å². The fourth-order valence-corrected chi connectivity index (χ4v) is 3.98. The number of thioether (sulfide) groups is 1. The minimum atomic E-state index is -0.342. The predicted octanol–water partition coefficient (Wildman–Crippen LogP) is 1.81. The van der Waals surface area contributed by atoms with Crippen molar-refractivity contribution in [1.82, 2.24) is 4.90 Å². The van der Waals surface area contributed by atoms with Crippen molar-refractivity contribution in [3.8, 4) is 0 Å². The van der Waals surface area contributed by atoms with Gasteiger partial charge in [-0.2, -0.15) is 11.8 Å². The number of nitrogens with zero attached hydrogens (tertiary/aromatic N) is 1. The lowest BCUT2D eigenvalue weighted by molar-refractivity contribution is -0.141. The number of hydrogen-bond acceptors (Lipinski definition) is 4. The second kappa shape index (κ2) is 6.75. The minimum Gasteiger partial charge on any atom is -0.396 e. The summed E-state index contributed by atoms with van der Waals surface area (Å²) in [6, 6.07) is 0. The normalized spacial score (nSPS) is 22.5. The van der Waals surface area contributed by atoms with Gasteiger partial charge in [-0.1, -0.05) is 19.3 Å². The van der Waals surface area contributed by atoms with Gasteiger partial charge in [0.15, 0.2) is 0 Å². The summed E-state index contributed by atoms with van der Waals surface area (Å²) in [6.07, 6.45) is 6.36. The van der Waals surface area contributed by atoms with E-state index in [4.69, 9.17) is 5.11 Å². The summed E-state index contributed by atoms with van der Waals surface area (Å²) in [4.78, 5) is 26.0.